The zero-order valence-electron chi connectivity index (χ0n) is 5.17. The molecule has 2 atom stereocenters. The van der Waals surface area contributed by atoms with Crippen LogP contribution >= 0.6 is 0 Å². The molecular weight excluding hydrogens is 104 g/mol. The van der Waals surface area contributed by atoms with Gasteiger partial charge in [0.25, 0.3) is 0 Å². The first-order valence-electron chi connectivity index (χ1n) is 2.82. The van der Waals surface area contributed by atoms with Gasteiger partial charge in [-0.2, -0.15) is 0 Å². The first-order chi connectivity index (χ1) is 3.63. The van der Waals surface area contributed by atoms with Crippen molar-refractivity contribution in [2.75, 3.05) is 0 Å². The minimum atomic E-state index is -0.694. The number of aliphatic hydroxyl groups is 1. The molecule has 0 unspecified atom stereocenters. The lowest BCUT2D eigenvalue weighted by molar-refractivity contribution is 0.167. The van der Waals surface area contributed by atoms with Crippen LogP contribution in [0.25, 0.3) is 0 Å². The van der Waals surface area contributed by atoms with Crippen molar-refractivity contribution in [2.24, 2.45) is 11.5 Å². The maximum Gasteiger partial charge on any atom is 0.102 e. The molecule has 0 heterocycles. The Balaban J connectivity index is 2.93. The van der Waals surface area contributed by atoms with Gasteiger partial charge in [0.1, 0.15) is 6.23 Å². The number of nitrogens with two attached hydrogens (primary N) is 2. The molecule has 0 saturated heterocycles. The summed E-state index contributed by atoms with van der Waals surface area (Å²) in [5.41, 5.74) is 10.4. The van der Waals surface area contributed by atoms with Crippen LogP contribution in [0.4, 0.5) is 0 Å². The summed E-state index contributed by atoms with van der Waals surface area (Å²) in [6.45, 7) is 1.89. The lowest BCUT2D eigenvalue weighted by Crippen LogP contribution is -2.23. The van der Waals surface area contributed by atoms with E-state index in [-0.39, 0.29) is 6.04 Å². The van der Waals surface area contributed by atoms with Crippen molar-refractivity contribution < 1.29 is 5.11 Å². The van der Waals surface area contributed by atoms with E-state index in [0.29, 0.717) is 6.42 Å². The Hall–Kier alpha value is -0.120. The molecule has 0 rings (SSSR count). The van der Waals surface area contributed by atoms with Gasteiger partial charge in [0.15, 0.2) is 0 Å². The van der Waals surface area contributed by atoms with Gasteiger partial charge in [-0.05, 0) is 19.8 Å². The van der Waals surface area contributed by atoms with Gasteiger partial charge in [0, 0.05) is 6.04 Å². The fourth-order valence-corrected chi connectivity index (χ4v) is 0.434. The van der Waals surface area contributed by atoms with Crippen molar-refractivity contribution in [2.45, 2.75) is 32.0 Å². The summed E-state index contributed by atoms with van der Waals surface area (Å²) in [5, 5.41) is 8.52. The minimum Gasteiger partial charge on any atom is -0.379 e. The van der Waals surface area contributed by atoms with E-state index in [2.05, 4.69) is 0 Å². The molecule has 0 aromatic carbocycles. The van der Waals surface area contributed by atoms with Crippen molar-refractivity contribution in [3.8, 4) is 0 Å². The van der Waals surface area contributed by atoms with E-state index in [4.69, 9.17) is 16.6 Å². The number of hydrogen-bond donors (Lipinski definition) is 3. The van der Waals surface area contributed by atoms with Gasteiger partial charge in [-0.25, -0.2) is 0 Å². The SMILES string of the molecule is C[C@@H](N)CC[C@@H](N)O. The third-order valence-corrected chi connectivity index (χ3v) is 0.918. The monoisotopic (exact) mass is 118 g/mol. The topological polar surface area (TPSA) is 72.3 Å². The van der Waals surface area contributed by atoms with Crippen LogP contribution in [0, 0.1) is 0 Å². The molecule has 8 heavy (non-hydrogen) atoms. The molecule has 0 radical (unpaired) electrons. The molecule has 50 valence electrons. The van der Waals surface area contributed by atoms with E-state index in [1.165, 1.54) is 0 Å². The number of rotatable bonds is 3. The molecule has 0 saturated carbocycles. The summed E-state index contributed by atoms with van der Waals surface area (Å²) in [4.78, 5) is 0. The van der Waals surface area contributed by atoms with Crippen LogP contribution < -0.4 is 11.5 Å². The second-order valence-electron chi connectivity index (χ2n) is 2.12. The lowest BCUT2D eigenvalue weighted by atomic mass is 10.2. The summed E-state index contributed by atoms with van der Waals surface area (Å²) in [6, 6.07) is 0.146. The number of aliphatic hydroxyl groups excluding tert-OH is 1. The lowest BCUT2D eigenvalue weighted by Gasteiger charge is -2.05. The van der Waals surface area contributed by atoms with Crippen LogP contribution in [-0.2, 0) is 0 Å². The molecule has 0 aliphatic rings. The Labute approximate surface area is 49.7 Å². The van der Waals surface area contributed by atoms with Crippen molar-refractivity contribution in [3.05, 3.63) is 0 Å². The third kappa shape index (κ3) is 5.88. The standard InChI is InChI=1S/C5H14N2O/c1-4(6)2-3-5(7)8/h4-5,8H,2-3,6-7H2,1H3/t4-,5+/m1/s1. The van der Waals surface area contributed by atoms with Gasteiger partial charge in [0.2, 0.25) is 0 Å². The Bertz CT molecular complexity index is 46.4. The molecule has 0 aromatic heterocycles. The van der Waals surface area contributed by atoms with Crippen molar-refractivity contribution >= 4 is 0 Å². The van der Waals surface area contributed by atoms with E-state index in [1.807, 2.05) is 6.92 Å². The van der Waals surface area contributed by atoms with Crippen LogP contribution in [0.1, 0.15) is 19.8 Å². The fraction of sp³-hybridized carbons (Fsp3) is 1.00. The van der Waals surface area contributed by atoms with E-state index < -0.39 is 6.23 Å². The van der Waals surface area contributed by atoms with Crippen molar-refractivity contribution in [3.63, 3.8) is 0 Å². The summed E-state index contributed by atoms with van der Waals surface area (Å²) < 4.78 is 0. The number of hydrogen-bond acceptors (Lipinski definition) is 3. The zero-order valence-corrected chi connectivity index (χ0v) is 5.17. The fourth-order valence-electron chi connectivity index (χ4n) is 0.434. The molecule has 0 aromatic rings. The summed E-state index contributed by atoms with van der Waals surface area (Å²) in [7, 11) is 0. The average Bonchev–Trinajstić information content (AvgIpc) is 1.61. The van der Waals surface area contributed by atoms with Crippen LogP contribution in [0.3, 0.4) is 0 Å². The van der Waals surface area contributed by atoms with E-state index >= 15 is 0 Å². The van der Waals surface area contributed by atoms with Crippen LogP contribution in [0.15, 0.2) is 0 Å². The summed E-state index contributed by atoms with van der Waals surface area (Å²) in [6.07, 6.45) is 0.691. The normalized spacial score (nSPS) is 18.0. The van der Waals surface area contributed by atoms with E-state index in [9.17, 15) is 0 Å². The molecule has 0 aliphatic carbocycles. The molecule has 3 nitrogen and oxygen atoms in total. The Morgan fingerprint density at radius 1 is 1.38 bits per heavy atom. The molecule has 0 amide bonds. The van der Waals surface area contributed by atoms with Gasteiger partial charge in [-0.15, -0.1) is 0 Å². The average molecular weight is 118 g/mol. The maximum absolute atomic E-state index is 8.52. The largest absolute Gasteiger partial charge is 0.379 e. The quantitative estimate of drug-likeness (QED) is 0.433. The molecule has 5 N–H and O–H groups in total. The highest BCUT2D eigenvalue weighted by atomic mass is 16.3. The molecule has 0 aliphatic heterocycles. The molecular formula is C5H14N2O. The molecule has 0 spiro atoms. The summed E-state index contributed by atoms with van der Waals surface area (Å²) in [5.74, 6) is 0. The highest BCUT2D eigenvalue weighted by Gasteiger charge is 1.97. The molecule has 0 fully saturated rings. The Morgan fingerprint density at radius 2 is 1.88 bits per heavy atom. The van der Waals surface area contributed by atoms with Gasteiger partial charge in [-0.3, -0.25) is 0 Å². The Kier molecular flexibility index (Phi) is 3.77. The Morgan fingerprint density at radius 3 is 2.00 bits per heavy atom. The first-order valence-corrected chi connectivity index (χ1v) is 2.82. The second-order valence-corrected chi connectivity index (χ2v) is 2.12. The van der Waals surface area contributed by atoms with Crippen LogP contribution in [-0.4, -0.2) is 17.4 Å². The summed E-state index contributed by atoms with van der Waals surface area (Å²) >= 11 is 0. The first kappa shape index (κ1) is 7.88. The highest BCUT2D eigenvalue weighted by Crippen LogP contribution is 1.93. The van der Waals surface area contributed by atoms with E-state index in [0.717, 1.165) is 6.42 Å². The maximum atomic E-state index is 8.52. The minimum absolute atomic E-state index is 0.146. The van der Waals surface area contributed by atoms with E-state index in [1.54, 1.807) is 0 Å². The van der Waals surface area contributed by atoms with Gasteiger partial charge in [-0.1, -0.05) is 0 Å². The smallest absolute Gasteiger partial charge is 0.102 e. The van der Waals surface area contributed by atoms with Gasteiger partial charge >= 0.3 is 0 Å². The van der Waals surface area contributed by atoms with Crippen molar-refractivity contribution in [1.82, 2.24) is 0 Å². The van der Waals surface area contributed by atoms with Gasteiger partial charge in [0.05, 0.1) is 0 Å². The van der Waals surface area contributed by atoms with Crippen molar-refractivity contribution in [1.29, 1.82) is 0 Å². The zero-order chi connectivity index (χ0) is 6.57. The molecule has 0 bridgehead atoms. The van der Waals surface area contributed by atoms with Gasteiger partial charge < -0.3 is 16.6 Å². The highest BCUT2D eigenvalue weighted by molar-refractivity contribution is 4.54. The second kappa shape index (κ2) is 3.83. The molecule has 3 heteroatoms. The van der Waals surface area contributed by atoms with Crippen LogP contribution in [0.5, 0.6) is 0 Å². The predicted molar refractivity (Wildman–Crippen MR) is 33.1 cm³/mol. The predicted octanol–water partition coefficient (Wildman–Crippen LogP) is -0.609. The third-order valence-electron chi connectivity index (χ3n) is 0.918. The van der Waals surface area contributed by atoms with Crippen LogP contribution in [0.2, 0.25) is 0 Å².